The van der Waals surface area contributed by atoms with Gasteiger partial charge in [0.2, 0.25) is 10.0 Å². The highest BCUT2D eigenvalue weighted by molar-refractivity contribution is 7.92. The molecule has 0 aromatic carbocycles. The highest BCUT2D eigenvalue weighted by Crippen LogP contribution is 2.18. The average Bonchev–Trinajstić information content (AvgIpc) is 2.16. The summed E-state index contributed by atoms with van der Waals surface area (Å²) in [5.41, 5.74) is 5.23. The van der Waals surface area contributed by atoms with Crippen molar-refractivity contribution in [3.8, 4) is 0 Å². The first-order valence-corrected chi connectivity index (χ1v) is 6.84. The van der Waals surface area contributed by atoms with Gasteiger partial charge in [-0.2, -0.15) is 0 Å². The Morgan fingerprint density at radius 2 is 2.27 bits per heavy atom. The molecule has 1 heterocycles. The smallest absolute Gasteiger partial charge is 0.220 e. The van der Waals surface area contributed by atoms with Crippen LogP contribution in [-0.2, 0) is 10.0 Å². The lowest BCUT2D eigenvalue weighted by molar-refractivity contribution is 0.166. The van der Waals surface area contributed by atoms with E-state index in [4.69, 9.17) is 10.8 Å². The summed E-state index contributed by atoms with van der Waals surface area (Å²) in [5.74, 6) is -0.236. The molecule has 0 aromatic rings. The van der Waals surface area contributed by atoms with Crippen LogP contribution in [0.5, 0.6) is 0 Å². The number of hydrogen-bond donors (Lipinski definition) is 2. The maximum Gasteiger partial charge on any atom is 0.220 e. The summed E-state index contributed by atoms with van der Waals surface area (Å²) in [7, 11) is -3.37. The Morgan fingerprint density at radius 1 is 1.60 bits per heavy atom. The lowest BCUT2D eigenvalue weighted by atomic mass is 10.0. The number of hydrogen-bond acceptors (Lipinski definition) is 4. The van der Waals surface area contributed by atoms with Crippen LogP contribution in [0.2, 0.25) is 0 Å². The summed E-state index contributed by atoms with van der Waals surface area (Å²) in [5, 5.41) is 8.98. The molecule has 1 saturated heterocycles. The Labute approximate surface area is 95.3 Å². The van der Waals surface area contributed by atoms with Crippen LogP contribution in [0.15, 0.2) is 0 Å². The minimum Gasteiger partial charge on any atom is -0.396 e. The number of rotatable bonds is 4. The molecule has 1 unspecified atom stereocenters. The van der Waals surface area contributed by atoms with Crippen LogP contribution in [0.4, 0.5) is 0 Å². The summed E-state index contributed by atoms with van der Waals surface area (Å²) in [4.78, 5) is -0.0129. The van der Waals surface area contributed by atoms with E-state index in [2.05, 4.69) is 12.2 Å². The second kappa shape index (κ2) is 5.20. The van der Waals surface area contributed by atoms with Gasteiger partial charge in [-0.1, -0.05) is 12.2 Å². The van der Waals surface area contributed by atoms with Gasteiger partial charge in [-0.25, -0.2) is 12.7 Å². The van der Waals surface area contributed by atoms with Crippen molar-refractivity contribution in [3.63, 3.8) is 0 Å². The second-order valence-electron chi connectivity index (χ2n) is 3.77. The summed E-state index contributed by atoms with van der Waals surface area (Å²) >= 11 is 4.59. The molecule has 15 heavy (non-hydrogen) atoms. The third-order valence-electron chi connectivity index (χ3n) is 2.46. The Morgan fingerprint density at radius 3 is 2.80 bits per heavy atom. The van der Waals surface area contributed by atoms with Gasteiger partial charge in [0, 0.05) is 19.7 Å². The van der Waals surface area contributed by atoms with Crippen molar-refractivity contribution < 1.29 is 13.5 Å². The molecule has 7 heteroatoms. The Hall–Kier alpha value is -0.240. The van der Waals surface area contributed by atoms with Crippen molar-refractivity contribution in [3.05, 3.63) is 0 Å². The minimum absolute atomic E-state index is 0.0129. The fourth-order valence-electron chi connectivity index (χ4n) is 1.70. The third kappa shape index (κ3) is 3.67. The van der Waals surface area contributed by atoms with E-state index < -0.39 is 10.0 Å². The molecule has 0 aliphatic carbocycles. The zero-order valence-electron chi connectivity index (χ0n) is 8.42. The standard InChI is InChI=1S/C8H16N2O3S2/c9-8(14)6-15(12,13)10-3-1-2-7(4-10)5-11/h7,11H,1-6H2,(H2,9,14). The fraction of sp³-hybridized carbons (Fsp3) is 0.875. The van der Waals surface area contributed by atoms with Gasteiger partial charge in [0.25, 0.3) is 0 Å². The Bertz CT molecular complexity index is 329. The van der Waals surface area contributed by atoms with Crippen LogP contribution in [-0.4, -0.2) is 48.3 Å². The van der Waals surface area contributed by atoms with Crippen LogP contribution in [0.25, 0.3) is 0 Å². The minimum atomic E-state index is -3.37. The average molecular weight is 252 g/mol. The summed E-state index contributed by atoms with van der Waals surface area (Å²) in [6.07, 6.45) is 1.65. The molecule has 0 aromatic heterocycles. The topological polar surface area (TPSA) is 83.6 Å². The molecule has 88 valence electrons. The van der Waals surface area contributed by atoms with Crippen LogP contribution < -0.4 is 5.73 Å². The van der Waals surface area contributed by atoms with E-state index in [1.54, 1.807) is 0 Å². The first kappa shape index (κ1) is 12.8. The SMILES string of the molecule is NC(=S)CS(=O)(=O)N1CCCC(CO)C1. The molecule has 1 aliphatic heterocycles. The molecule has 0 radical (unpaired) electrons. The predicted octanol–water partition coefficient (Wildman–Crippen LogP) is -0.693. The van der Waals surface area contributed by atoms with E-state index in [0.717, 1.165) is 12.8 Å². The van der Waals surface area contributed by atoms with Crippen LogP contribution >= 0.6 is 12.2 Å². The Kier molecular flexibility index (Phi) is 4.45. The second-order valence-corrected chi connectivity index (χ2v) is 6.26. The number of sulfonamides is 1. The molecule has 1 aliphatic rings. The van der Waals surface area contributed by atoms with E-state index in [-0.39, 0.29) is 23.3 Å². The first-order valence-electron chi connectivity index (χ1n) is 4.82. The number of aliphatic hydroxyl groups is 1. The van der Waals surface area contributed by atoms with Crippen LogP contribution in [0, 0.1) is 5.92 Å². The van der Waals surface area contributed by atoms with Crippen molar-refractivity contribution in [1.82, 2.24) is 4.31 Å². The normalized spacial score (nSPS) is 23.9. The molecule has 0 saturated carbocycles. The fourth-order valence-corrected chi connectivity index (χ4v) is 3.53. The molecule has 0 amide bonds. The van der Waals surface area contributed by atoms with Gasteiger partial charge in [0.1, 0.15) is 5.75 Å². The lowest BCUT2D eigenvalue weighted by Crippen LogP contribution is -2.43. The van der Waals surface area contributed by atoms with E-state index in [1.807, 2.05) is 0 Å². The van der Waals surface area contributed by atoms with Crippen molar-refractivity contribution in [2.24, 2.45) is 11.7 Å². The van der Waals surface area contributed by atoms with E-state index in [9.17, 15) is 8.42 Å². The monoisotopic (exact) mass is 252 g/mol. The summed E-state index contributed by atoms with van der Waals surface area (Å²) < 4.78 is 24.8. The molecule has 1 atom stereocenters. The Balaban J connectivity index is 2.66. The van der Waals surface area contributed by atoms with Crippen molar-refractivity contribution >= 4 is 27.2 Å². The first-order chi connectivity index (χ1) is 6.95. The van der Waals surface area contributed by atoms with Crippen LogP contribution in [0.1, 0.15) is 12.8 Å². The van der Waals surface area contributed by atoms with E-state index >= 15 is 0 Å². The lowest BCUT2D eigenvalue weighted by Gasteiger charge is -2.30. The molecule has 1 rings (SSSR count). The zero-order valence-corrected chi connectivity index (χ0v) is 10.1. The van der Waals surface area contributed by atoms with Gasteiger partial charge in [-0.05, 0) is 18.8 Å². The summed E-state index contributed by atoms with van der Waals surface area (Å²) in [6.45, 7) is 0.905. The zero-order chi connectivity index (χ0) is 11.5. The van der Waals surface area contributed by atoms with Gasteiger partial charge >= 0.3 is 0 Å². The number of nitrogens with two attached hydrogens (primary N) is 1. The van der Waals surface area contributed by atoms with Gasteiger partial charge in [0.15, 0.2) is 0 Å². The van der Waals surface area contributed by atoms with E-state index in [0.29, 0.717) is 13.1 Å². The summed E-state index contributed by atoms with van der Waals surface area (Å²) in [6, 6.07) is 0. The van der Waals surface area contributed by atoms with Gasteiger partial charge in [-0.15, -0.1) is 0 Å². The molecular weight excluding hydrogens is 236 g/mol. The van der Waals surface area contributed by atoms with Crippen molar-refractivity contribution in [2.75, 3.05) is 25.4 Å². The number of nitrogens with zero attached hydrogens (tertiary/aromatic N) is 1. The van der Waals surface area contributed by atoms with Crippen LogP contribution in [0.3, 0.4) is 0 Å². The predicted molar refractivity (Wildman–Crippen MR) is 62.0 cm³/mol. The molecule has 3 N–H and O–H groups in total. The third-order valence-corrected chi connectivity index (χ3v) is 4.58. The van der Waals surface area contributed by atoms with Crippen molar-refractivity contribution in [1.29, 1.82) is 0 Å². The quantitative estimate of drug-likeness (QED) is 0.647. The maximum atomic E-state index is 11.7. The van der Waals surface area contributed by atoms with Gasteiger partial charge < -0.3 is 10.8 Å². The largest absolute Gasteiger partial charge is 0.396 e. The highest BCUT2D eigenvalue weighted by Gasteiger charge is 2.28. The number of thiocarbonyl (C=S) groups is 1. The van der Waals surface area contributed by atoms with E-state index in [1.165, 1.54) is 4.31 Å². The molecule has 0 spiro atoms. The molecule has 1 fully saturated rings. The number of piperidine rings is 1. The van der Waals surface area contributed by atoms with Gasteiger partial charge in [-0.3, -0.25) is 0 Å². The van der Waals surface area contributed by atoms with Gasteiger partial charge in [0.05, 0.1) is 4.99 Å². The highest BCUT2D eigenvalue weighted by atomic mass is 32.2. The molecule has 0 bridgehead atoms. The number of aliphatic hydroxyl groups excluding tert-OH is 1. The van der Waals surface area contributed by atoms with Crippen molar-refractivity contribution in [2.45, 2.75) is 12.8 Å². The maximum absolute atomic E-state index is 11.7. The molecule has 5 nitrogen and oxygen atoms in total. The molecular formula is C8H16N2O3S2.